The second-order valence-electron chi connectivity index (χ2n) is 10.3. The number of hydrogen-bond acceptors (Lipinski definition) is 9. The Balaban J connectivity index is 0.00000102. The standard InChI is InChI=1S/C27H30N8O4.2C2H6/c1-16-13-34(15-23-28-10-19(11-29-23)17-2-4-18(5-3-17)26(36)33-38)14-22(16)24-31-25-21(27(37)32-24)12-30-35(25)20-6-8-39-9-7-20;2*1-2/h2-5,10-12,16,20,22,38H,6-9,13-15H2,1H3,(H,33,36)(H,31,32,37);2*1-2H3. The zero-order valence-electron chi connectivity index (χ0n) is 25.6. The summed E-state index contributed by atoms with van der Waals surface area (Å²) in [6, 6.07) is 7.02. The Kier molecular flexibility index (Phi) is 11.1. The van der Waals surface area contributed by atoms with Crippen LogP contribution in [0.2, 0.25) is 0 Å². The second kappa shape index (κ2) is 14.9. The van der Waals surface area contributed by atoms with Gasteiger partial charge in [0.15, 0.2) is 5.65 Å². The first kappa shape index (κ1) is 31.9. The molecule has 4 aromatic rings. The summed E-state index contributed by atoms with van der Waals surface area (Å²) in [4.78, 5) is 43.8. The number of hydroxylamine groups is 1. The van der Waals surface area contributed by atoms with Crippen molar-refractivity contribution in [2.75, 3.05) is 26.3 Å². The minimum Gasteiger partial charge on any atom is -0.381 e. The lowest BCUT2D eigenvalue weighted by atomic mass is 9.97. The number of hydrogen-bond donors (Lipinski definition) is 3. The molecule has 1 aromatic carbocycles. The summed E-state index contributed by atoms with van der Waals surface area (Å²) in [5.41, 5.74) is 4.19. The minimum absolute atomic E-state index is 0.0778. The van der Waals surface area contributed by atoms with E-state index >= 15 is 0 Å². The largest absolute Gasteiger partial charge is 0.381 e. The molecule has 0 bridgehead atoms. The van der Waals surface area contributed by atoms with Crippen molar-refractivity contribution in [3.63, 3.8) is 0 Å². The third kappa shape index (κ3) is 7.15. The Morgan fingerprint density at radius 3 is 2.35 bits per heavy atom. The molecule has 2 aliphatic heterocycles. The molecule has 5 heterocycles. The van der Waals surface area contributed by atoms with Crippen LogP contribution in [0.25, 0.3) is 22.2 Å². The maximum absolute atomic E-state index is 12.9. The Hall–Kier alpha value is -4.00. The fourth-order valence-electron chi connectivity index (χ4n) is 5.54. The number of carbonyl (C=O) groups excluding carboxylic acids is 1. The van der Waals surface area contributed by atoms with E-state index in [1.165, 1.54) is 0 Å². The molecule has 3 N–H and O–H groups in total. The van der Waals surface area contributed by atoms with Crippen LogP contribution in [0.3, 0.4) is 0 Å². The van der Waals surface area contributed by atoms with Gasteiger partial charge in [-0.3, -0.25) is 19.7 Å². The number of nitrogens with zero attached hydrogens (tertiary/aromatic N) is 6. The van der Waals surface area contributed by atoms with Crippen molar-refractivity contribution in [2.24, 2.45) is 5.92 Å². The monoisotopic (exact) mass is 590 g/mol. The zero-order chi connectivity index (χ0) is 30.9. The fraction of sp³-hybridized carbons (Fsp3) is 0.484. The van der Waals surface area contributed by atoms with E-state index < -0.39 is 5.91 Å². The first-order valence-corrected chi connectivity index (χ1v) is 15.1. The van der Waals surface area contributed by atoms with Crippen molar-refractivity contribution in [1.82, 2.24) is 40.1 Å². The lowest BCUT2D eigenvalue weighted by Crippen LogP contribution is -2.23. The SMILES string of the molecule is CC.CC.CC1CN(Cc2ncc(-c3ccc(C(=O)NO)cc3)cn2)CC1c1nc2c(cnn2C2CCOCC2)c(=O)[nH]1. The number of ether oxygens (including phenoxy) is 1. The first-order valence-electron chi connectivity index (χ1n) is 15.1. The summed E-state index contributed by atoms with van der Waals surface area (Å²) >= 11 is 0. The number of carbonyl (C=O) groups is 1. The number of aromatic amines is 1. The van der Waals surface area contributed by atoms with E-state index in [1.54, 1.807) is 48.3 Å². The molecule has 6 rings (SSSR count). The Morgan fingerprint density at radius 1 is 1.02 bits per heavy atom. The van der Waals surface area contributed by atoms with Gasteiger partial charge in [0.25, 0.3) is 11.5 Å². The van der Waals surface area contributed by atoms with Gasteiger partial charge in [0.05, 0.1) is 18.8 Å². The Bertz CT molecular complexity index is 1530. The van der Waals surface area contributed by atoms with Gasteiger partial charge in [0, 0.05) is 55.7 Å². The maximum Gasteiger partial charge on any atom is 0.274 e. The molecule has 0 radical (unpaired) electrons. The summed E-state index contributed by atoms with van der Waals surface area (Å²) in [5.74, 6) is 1.21. The molecule has 0 aliphatic carbocycles. The summed E-state index contributed by atoms with van der Waals surface area (Å²) in [6.45, 7) is 13.7. The van der Waals surface area contributed by atoms with Crippen molar-refractivity contribution in [1.29, 1.82) is 0 Å². The van der Waals surface area contributed by atoms with Crippen molar-refractivity contribution in [3.8, 4) is 11.1 Å². The summed E-state index contributed by atoms with van der Waals surface area (Å²) < 4.78 is 7.39. The Morgan fingerprint density at radius 2 is 1.70 bits per heavy atom. The predicted octanol–water partition coefficient (Wildman–Crippen LogP) is 4.34. The highest BCUT2D eigenvalue weighted by molar-refractivity contribution is 5.93. The molecule has 3 aromatic heterocycles. The van der Waals surface area contributed by atoms with E-state index in [0.717, 1.165) is 37.1 Å². The van der Waals surface area contributed by atoms with E-state index in [-0.39, 0.29) is 17.5 Å². The Labute approximate surface area is 251 Å². The normalized spacial score (nSPS) is 18.8. The van der Waals surface area contributed by atoms with Crippen LogP contribution in [0.5, 0.6) is 0 Å². The van der Waals surface area contributed by atoms with Crippen LogP contribution in [-0.4, -0.2) is 72.0 Å². The second-order valence-corrected chi connectivity index (χ2v) is 10.3. The molecule has 2 unspecified atom stereocenters. The van der Waals surface area contributed by atoms with Gasteiger partial charge in [0.2, 0.25) is 0 Å². The van der Waals surface area contributed by atoms with Crippen LogP contribution in [0, 0.1) is 5.92 Å². The number of likely N-dealkylation sites (tertiary alicyclic amines) is 1. The molecule has 2 aliphatic rings. The predicted molar refractivity (Wildman–Crippen MR) is 164 cm³/mol. The van der Waals surface area contributed by atoms with Crippen molar-refractivity contribution in [3.05, 3.63) is 70.4 Å². The molecular formula is C31H42N8O4. The highest BCUT2D eigenvalue weighted by atomic mass is 16.5. The van der Waals surface area contributed by atoms with Crippen LogP contribution >= 0.6 is 0 Å². The lowest BCUT2D eigenvalue weighted by molar-refractivity contribution is 0.0673. The smallest absolute Gasteiger partial charge is 0.274 e. The summed E-state index contributed by atoms with van der Waals surface area (Å²) in [6.07, 6.45) is 6.88. The fourth-order valence-corrected chi connectivity index (χ4v) is 5.54. The summed E-state index contributed by atoms with van der Waals surface area (Å²) in [7, 11) is 0. The molecule has 2 saturated heterocycles. The van der Waals surface area contributed by atoms with Crippen molar-refractivity contribution in [2.45, 2.75) is 66.0 Å². The number of rotatable bonds is 6. The zero-order valence-corrected chi connectivity index (χ0v) is 25.6. The molecule has 12 nitrogen and oxygen atoms in total. The van der Waals surface area contributed by atoms with Crippen LogP contribution < -0.4 is 11.0 Å². The topological polar surface area (TPSA) is 151 Å². The third-order valence-electron chi connectivity index (χ3n) is 7.71. The maximum atomic E-state index is 12.9. The van der Waals surface area contributed by atoms with Crippen molar-refractivity contribution >= 4 is 16.9 Å². The van der Waals surface area contributed by atoms with Gasteiger partial charge < -0.3 is 9.72 Å². The highest BCUT2D eigenvalue weighted by Crippen LogP contribution is 2.32. The van der Waals surface area contributed by atoms with E-state index in [4.69, 9.17) is 14.9 Å². The molecule has 1 amide bonds. The van der Waals surface area contributed by atoms with Crippen LogP contribution in [-0.2, 0) is 11.3 Å². The number of aromatic nitrogens is 6. The molecule has 12 heteroatoms. The van der Waals surface area contributed by atoms with Crippen LogP contribution in [0.15, 0.2) is 47.7 Å². The van der Waals surface area contributed by atoms with Crippen LogP contribution in [0.4, 0.5) is 0 Å². The highest BCUT2D eigenvalue weighted by Gasteiger charge is 2.33. The quantitative estimate of drug-likeness (QED) is 0.220. The lowest BCUT2D eigenvalue weighted by Gasteiger charge is -2.23. The van der Waals surface area contributed by atoms with Gasteiger partial charge in [-0.15, -0.1) is 0 Å². The number of benzene rings is 1. The molecular weight excluding hydrogens is 548 g/mol. The van der Waals surface area contributed by atoms with Crippen molar-refractivity contribution < 1.29 is 14.7 Å². The van der Waals surface area contributed by atoms with Gasteiger partial charge in [0.1, 0.15) is 17.0 Å². The van der Waals surface area contributed by atoms with Gasteiger partial charge in [-0.2, -0.15) is 5.10 Å². The molecule has 0 spiro atoms. The molecule has 43 heavy (non-hydrogen) atoms. The molecule has 2 atom stereocenters. The van der Waals surface area contributed by atoms with Gasteiger partial charge >= 0.3 is 0 Å². The number of amides is 1. The van der Waals surface area contributed by atoms with Gasteiger partial charge in [-0.1, -0.05) is 46.8 Å². The molecule has 230 valence electrons. The molecule has 2 fully saturated rings. The van der Waals surface area contributed by atoms with Crippen LogP contribution in [0.1, 0.15) is 81.4 Å². The van der Waals surface area contributed by atoms with E-state index in [1.807, 2.05) is 32.4 Å². The number of nitrogens with one attached hydrogen (secondary N) is 2. The van der Waals surface area contributed by atoms with E-state index in [2.05, 4.69) is 31.9 Å². The average Bonchev–Trinajstić information content (AvgIpc) is 3.67. The van der Waals surface area contributed by atoms with Gasteiger partial charge in [-0.05, 0) is 36.5 Å². The number of fused-ring (bicyclic) bond motifs is 1. The third-order valence-corrected chi connectivity index (χ3v) is 7.71. The number of H-pyrrole nitrogens is 1. The first-order chi connectivity index (χ1) is 21.0. The average molecular weight is 591 g/mol. The molecule has 0 saturated carbocycles. The van der Waals surface area contributed by atoms with Gasteiger partial charge in [-0.25, -0.2) is 25.1 Å². The summed E-state index contributed by atoms with van der Waals surface area (Å²) in [5, 5.41) is 13.8. The van der Waals surface area contributed by atoms with E-state index in [9.17, 15) is 9.59 Å². The minimum atomic E-state index is -0.560. The van der Waals surface area contributed by atoms with E-state index in [0.29, 0.717) is 53.9 Å².